The number of hydrogen-bond donors (Lipinski definition) is 6. The van der Waals surface area contributed by atoms with Gasteiger partial charge in [-0.1, -0.05) is 0 Å². The Balaban J connectivity index is 4.03. The Labute approximate surface area is 99.9 Å². The summed E-state index contributed by atoms with van der Waals surface area (Å²) in [7, 11) is -10.5. The number of phenolic OH excluding ortho intramolecular Hbond substituents is 4. The van der Waals surface area contributed by atoms with Gasteiger partial charge in [0.05, 0.1) is 0 Å². The van der Waals surface area contributed by atoms with Gasteiger partial charge in [0, 0.05) is 0 Å². The van der Waals surface area contributed by atoms with E-state index in [1.165, 1.54) is 0 Å². The van der Waals surface area contributed by atoms with Crippen LogP contribution in [0.25, 0.3) is 0 Å². The SMILES string of the molecule is O=S(=O)(O)c1c(O)c(O)c(S(=O)(=O)O)c(O)c1O. The van der Waals surface area contributed by atoms with Gasteiger partial charge in [-0.25, -0.2) is 0 Å². The summed E-state index contributed by atoms with van der Waals surface area (Å²) in [6.07, 6.45) is 0. The Morgan fingerprint density at radius 1 is 0.556 bits per heavy atom. The maximum Gasteiger partial charge on any atom is 0.302 e. The molecule has 0 bridgehead atoms. The minimum absolute atomic E-state index is 1.70. The van der Waals surface area contributed by atoms with Crippen LogP contribution in [0.3, 0.4) is 0 Å². The second kappa shape index (κ2) is 3.88. The third kappa shape index (κ3) is 2.13. The lowest BCUT2D eigenvalue weighted by Gasteiger charge is -2.11. The van der Waals surface area contributed by atoms with Gasteiger partial charge in [-0.3, -0.25) is 9.11 Å². The van der Waals surface area contributed by atoms with E-state index in [-0.39, 0.29) is 0 Å². The molecular formula is C6H6O10S2. The molecular weight excluding hydrogens is 296 g/mol. The lowest BCUT2D eigenvalue weighted by atomic mass is 10.2. The van der Waals surface area contributed by atoms with Crippen LogP contribution in [0.2, 0.25) is 0 Å². The summed E-state index contributed by atoms with van der Waals surface area (Å²) in [5.41, 5.74) is 0. The average Bonchev–Trinajstić information content (AvgIpc) is 2.10. The van der Waals surface area contributed by atoms with Gasteiger partial charge in [0.1, 0.15) is 0 Å². The highest BCUT2D eigenvalue weighted by molar-refractivity contribution is 7.86. The van der Waals surface area contributed by atoms with Crippen molar-refractivity contribution < 1.29 is 46.4 Å². The van der Waals surface area contributed by atoms with Crippen molar-refractivity contribution in [3.63, 3.8) is 0 Å². The number of hydrogen-bond acceptors (Lipinski definition) is 8. The van der Waals surface area contributed by atoms with Crippen LogP contribution < -0.4 is 0 Å². The first-order valence-corrected chi connectivity index (χ1v) is 6.71. The molecule has 1 aromatic carbocycles. The standard InChI is InChI=1S/C6H6O10S2/c7-1-2(8)6(18(14,15)16)4(10)3(9)5(1)17(11,12)13/h7-10H,(H,11,12,13)(H,14,15,16). The third-order valence-electron chi connectivity index (χ3n) is 1.82. The van der Waals surface area contributed by atoms with E-state index in [1.54, 1.807) is 0 Å². The molecule has 0 unspecified atom stereocenters. The zero-order valence-electron chi connectivity index (χ0n) is 8.13. The Morgan fingerprint density at radius 2 is 0.722 bits per heavy atom. The quantitative estimate of drug-likeness (QED) is 0.224. The second-order valence-electron chi connectivity index (χ2n) is 3.00. The van der Waals surface area contributed by atoms with Gasteiger partial charge in [-0.2, -0.15) is 16.8 Å². The molecule has 0 aliphatic heterocycles. The average molecular weight is 302 g/mol. The second-order valence-corrected chi connectivity index (χ2v) is 5.72. The lowest BCUT2D eigenvalue weighted by Crippen LogP contribution is -2.04. The highest BCUT2D eigenvalue weighted by Gasteiger charge is 2.35. The zero-order valence-corrected chi connectivity index (χ0v) is 9.77. The molecule has 6 N–H and O–H groups in total. The number of rotatable bonds is 2. The molecule has 0 saturated heterocycles. The van der Waals surface area contributed by atoms with E-state index in [0.717, 1.165) is 0 Å². The first-order chi connectivity index (χ1) is 7.89. The molecule has 0 amide bonds. The van der Waals surface area contributed by atoms with E-state index >= 15 is 0 Å². The molecule has 0 heterocycles. The van der Waals surface area contributed by atoms with Gasteiger partial charge in [0.25, 0.3) is 0 Å². The van der Waals surface area contributed by atoms with Crippen LogP contribution in [0.15, 0.2) is 9.79 Å². The molecule has 1 aromatic rings. The van der Waals surface area contributed by atoms with Gasteiger partial charge in [-0.05, 0) is 0 Å². The molecule has 0 atom stereocenters. The molecule has 0 saturated carbocycles. The molecule has 0 fully saturated rings. The van der Waals surface area contributed by atoms with Crippen molar-refractivity contribution in [2.45, 2.75) is 9.79 Å². The fraction of sp³-hybridized carbons (Fsp3) is 0. The highest BCUT2D eigenvalue weighted by Crippen LogP contribution is 2.50. The van der Waals surface area contributed by atoms with E-state index in [1.807, 2.05) is 0 Å². The van der Waals surface area contributed by atoms with Crippen molar-refractivity contribution in [1.82, 2.24) is 0 Å². The molecule has 1 rings (SSSR count). The van der Waals surface area contributed by atoms with Gasteiger partial charge in [0.2, 0.25) is 0 Å². The summed E-state index contributed by atoms with van der Waals surface area (Å²) in [5, 5.41) is 36.6. The van der Waals surface area contributed by atoms with Crippen molar-refractivity contribution >= 4 is 20.2 Å². The maximum atomic E-state index is 10.7. The van der Waals surface area contributed by atoms with Gasteiger partial charge in [0.15, 0.2) is 32.8 Å². The fourth-order valence-electron chi connectivity index (χ4n) is 1.14. The normalized spacial score (nSPS) is 12.6. The van der Waals surface area contributed by atoms with E-state index in [0.29, 0.717) is 0 Å². The third-order valence-corrected chi connectivity index (χ3v) is 3.63. The highest BCUT2D eigenvalue weighted by atomic mass is 32.2. The summed E-state index contributed by atoms with van der Waals surface area (Å²) >= 11 is 0. The van der Waals surface area contributed by atoms with Crippen molar-refractivity contribution in [2.24, 2.45) is 0 Å². The minimum Gasteiger partial charge on any atom is -0.503 e. The zero-order chi connectivity index (χ0) is 14.5. The Hall–Kier alpha value is -1.76. The van der Waals surface area contributed by atoms with Crippen molar-refractivity contribution in [3.05, 3.63) is 0 Å². The van der Waals surface area contributed by atoms with Crippen LogP contribution in [0.5, 0.6) is 23.0 Å². The Bertz CT molecular complexity index is 621. The predicted octanol–water partition coefficient (Wildman–Crippen LogP) is -0.998. The van der Waals surface area contributed by atoms with E-state index in [2.05, 4.69) is 0 Å². The summed E-state index contributed by atoms with van der Waals surface area (Å²) in [5.74, 6) is -7.00. The van der Waals surface area contributed by atoms with Gasteiger partial charge < -0.3 is 20.4 Å². The monoisotopic (exact) mass is 302 g/mol. The lowest BCUT2D eigenvalue weighted by molar-refractivity contribution is 0.332. The Morgan fingerprint density at radius 3 is 0.833 bits per heavy atom. The molecule has 102 valence electrons. The largest absolute Gasteiger partial charge is 0.503 e. The number of benzene rings is 1. The molecule has 0 spiro atoms. The van der Waals surface area contributed by atoms with Crippen molar-refractivity contribution in [2.75, 3.05) is 0 Å². The van der Waals surface area contributed by atoms with E-state index in [9.17, 15) is 16.8 Å². The van der Waals surface area contributed by atoms with E-state index in [4.69, 9.17) is 29.5 Å². The van der Waals surface area contributed by atoms with Crippen molar-refractivity contribution in [1.29, 1.82) is 0 Å². The Kier molecular flexibility index (Phi) is 3.08. The van der Waals surface area contributed by atoms with Crippen LogP contribution in [-0.4, -0.2) is 46.4 Å². The van der Waals surface area contributed by atoms with Crippen LogP contribution in [0.4, 0.5) is 0 Å². The first-order valence-electron chi connectivity index (χ1n) is 3.83. The van der Waals surface area contributed by atoms with Gasteiger partial charge in [-0.15, -0.1) is 0 Å². The van der Waals surface area contributed by atoms with Crippen LogP contribution >= 0.6 is 0 Å². The van der Waals surface area contributed by atoms with Crippen LogP contribution in [-0.2, 0) is 20.2 Å². The summed E-state index contributed by atoms with van der Waals surface area (Å²) in [4.78, 5) is -3.41. The molecule has 10 nitrogen and oxygen atoms in total. The first kappa shape index (κ1) is 14.3. The van der Waals surface area contributed by atoms with Gasteiger partial charge >= 0.3 is 20.2 Å². The van der Waals surface area contributed by atoms with Crippen LogP contribution in [0.1, 0.15) is 0 Å². The summed E-state index contributed by atoms with van der Waals surface area (Å²) < 4.78 is 60.2. The summed E-state index contributed by atoms with van der Waals surface area (Å²) in [6, 6.07) is 0. The predicted molar refractivity (Wildman–Crippen MR) is 52.7 cm³/mol. The number of phenols is 4. The molecule has 0 aromatic heterocycles. The fourth-order valence-corrected chi connectivity index (χ4v) is 2.51. The van der Waals surface area contributed by atoms with Crippen molar-refractivity contribution in [3.8, 4) is 23.0 Å². The van der Waals surface area contributed by atoms with Crippen LogP contribution in [0, 0.1) is 0 Å². The molecule has 12 heteroatoms. The maximum absolute atomic E-state index is 10.7. The smallest absolute Gasteiger partial charge is 0.302 e. The molecule has 0 aliphatic carbocycles. The molecule has 0 aliphatic rings. The molecule has 0 radical (unpaired) electrons. The van der Waals surface area contributed by atoms with E-state index < -0.39 is 53.0 Å². The molecule has 18 heavy (non-hydrogen) atoms. The minimum atomic E-state index is -5.27. The topological polar surface area (TPSA) is 190 Å². The summed E-state index contributed by atoms with van der Waals surface area (Å²) in [6.45, 7) is 0. The number of aromatic hydroxyl groups is 4.